The first-order valence-corrected chi connectivity index (χ1v) is 11.0. The first-order chi connectivity index (χ1) is 14.4. The van der Waals surface area contributed by atoms with Crippen molar-refractivity contribution in [2.24, 2.45) is 11.8 Å². The zero-order chi connectivity index (χ0) is 21.1. The zero-order valence-electron chi connectivity index (χ0n) is 16.9. The molecule has 0 radical (unpaired) electrons. The Bertz CT molecular complexity index is 839. The van der Waals surface area contributed by atoms with Crippen LogP contribution >= 0.6 is 12.8 Å². The van der Waals surface area contributed by atoms with Gasteiger partial charge in [-0.2, -0.15) is 0 Å². The van der Waals surface area contributed by atoms with E-state index in [1.165, 1.54) is 6.07 Å². The molecular formula is C22H28FN3O3S. The minimum absolute atomic E-state index is 0.144. The highest BCUT2D eigenvalue weighted by Crippen LogP contribution is 2.39. The SMILES string of the molecule is O=C1CC(CCC/C=C/C2(NN(S)c3ccc(F)c(OCC4CC4)c3)CC2)C(=O)N1. The number of nitrogens with one attached hydrogen (secondary N) is 2. The van der Waals surface area contributed by atoms with E-state index < -0.39 is 0 Å². The van der Waals surface area contributed by atoms with Crippen LogP contribution in [0.15, 0.2) is 30.4 Å². The van der Waals surface area contributed by atoms with Crippen LogP contribution in [0.5, 0.6) is 5.75 Å². The van der Waals surface area contributed by atoms with E-state index in [-0.39, 0.29) is 34.8 Å². The number of thiol groups is 1. The molecule has 2 amide bonds. The fraction of sp³-hybridized carbons (Fsp3) is 0.545. The van der Waals surface area contributed by atoms with Gasteiger partial charge >= 0.3 is 0 Å². The summed E-state index contributed by atoms with van der Waals surface area (Å²) >= 11 is 4.53. The summed E-state index contributed by atoms with van der Waals surface area (Å²) in [6.45, 7) is 0.559. The number of ether oxygens (including phenoxy) is 1. The number of nitrogens with zero attached hydrogens (tertiary/aromatic N) is 1. The molecular weight excluding hydrogens is 405 g/mol. The standard InChI is InChI=1S/C22H28FN3O3S/c23-18-8-7-17(13-19(18)29-14-15-5-6-15)26(30)25-22(10-11-22)9-3-1-2-4-16-12-20(27)24-21(16)28/h3,7-9,13,15-16,25,30H,1-2,4-6,10-12,14H2,(H,24,27,28)/b9-3+. The van der Waals surface area contributed by atoms with Crippen LogP contribution in [-0.2, 0) is 9.59 Å². The second kappa shape index (κ2) is 8.98. The van der Waals surface area contributed by atoms with Gasteiger partial charge in [0.05, 0.1) is 17.8 Å². The third-order valence-corrected chi connectivity index (χ3v) is 6.20. The summed E-state index contributed by atoms with van der Waals surface area (Å²) in [5.41, 5.74) is 3.95. The lowest BCUT2D eigenvalue weighted by Gasteiger charge is -2.24. The maximum atomic E-state index is 14.0. The molecule has 3 aliphatic rings. The number of carbonyl (C=O) groups is 2. The number of hydrogen-bond donors (Lipinski definition) is 3. The first kappa shape index (κ1) is 21.2. The van der Waals surface area contributed by atoms with E-state index in [1.54, 1.807) is 16.5 Å². The molecule has 1 aliphatic heterocycles. The number of amides is 2. The van der Waals surface area contributed by atoms with E-state index in [0.717, 1.165) is 50.6 Å². The third kappa shape index (κ3) is 5.55. The van der Waals surface area contributed by atoms with Gasteiger partial charge in [-0.25, -0.2) is 9.82 Å². The number of hydrazine groups is 1. The molecule has 0 spiro atoms. The van der Waals surface area contributed by atoms with Crippen molar-refractivity contribution in [3.8, 4) is 5.75 Å². The van der Waals surface area contributed by atoms with Gasteiger partial charge in [-0.1, -0.05) is 12.2 Å². The number of halogens is 1. The largest absolute Gasteiger partial charge is 0.490 e. The van der Waals surface area contributed by atoms with Gasteiger partial charge < -0.3 is 4.74 Å². The van der Waals surface area contributed by atoms with Crippen LogP contribution in [0.25, 0.3) is 0 Å². The number of imide groups is 1. The number of allylic oxidation sites excluding steroid dienone is 1. The van der Waals surface area contributed by atoms with Crippen molar-refractivity contribution < 1.29 is 18.7 Å². The van der Waals surface area contributed by atoms with Gasteiger partial charge in [0, 0.05) is 18.4 Å². The minimum Gasteiger partial charge on any atom is -0.490 e. The second-order valence-electron chi connectivity index (χ2n) is 8.60. The van der Waals surface area contributed by atoms with Crippen LogP contribution in [0.4, 0.5) is 10.1 Å². The van der Waals surface area contributed by atoms with Gasteiger partial charge in [0.15, 0.2) is 11.6 Å². The van der Waals surface area contributed by atoms with Crippen LogP contribution in [0, 0.1) is 17.7 Å². The predicted octanol–water partition coefficient (Wildman–Crippen LogP) is 3.69. The Kier molecular flexibility index (Phi) is 6.34. The van der Waals surface area contributed by atoms with Gasteiger partial charge in [0.1, 0.15) is 0 Å². The average molecular weight is 434 g/mol. The van der Waals surface area contributed by atoms with E-state index in [2.05, 4.69) is 35.7 Å². The first-order valence-electron chi connectivity index (χ1n) is 10.6. The van der Waals surface area contributed by atoms with Crippen molar-refractivity contribution in [2.45, 2.75) is 56.9 Å². The summed E-state index contributed by atoms with van der Waals surface area (Å²) in [5, 5.41) is 2.35. The molecule has 30 heavy (non-hydrogen) atoms. The topological polar surface area (TPSA) is 70.7 Å². The summed E-state index contributed by atoms with van der Waals surface area (Å²) in [4.78, 5) is 22.8. The van der Waals surface area contributed by atoms with Gasteiger partial charge in [-0.15, -0.1) is 0 Å². The van der Waals surface area contributed by atoms with Gasteiger partial charge in [0.2, 0.25) is 11.8 Å². The molecule has 0 aromatic heterocycles. The Morgan fingerprint density at radius 3 is 2.80 bits per heavy atom. The lowest BCUT2D eigenvalue weighted by Crippen LogP contribution is -2.40. The van der Waals surface area contributed by atoms with Crippen LogP contribution in [0.1, 0.15) is 51.4 Å². The summed E-state index contributed by atoms with van der Waals surface area (Å²) in [7, 11) is 0. The third-order valence-electron chi connectivity index (χ3n) is 5.87. The van der Waals surface area contributed by atoms with Crippen LogP contribution in [0.3, 0.4) is 0 Å². The summed E-state index contributed by atoms with van der Waals surface area (Å²) in [5.74, 6) is -0.0366. The molecule has 0 bridgehead atoms. The summed E-state index contributed by atoms with van der Waals surface area (Å²) < 4.78 is 21.2. The van der Waals surface area contributed by atoms with Crippen LogP contribution in [-0.4, -0.2) is 24.0 Å². The molecule has 2 N–H and O–H groups in total. The minimum atomic E-state index is -0.361. The molecule has 2 saturated carbocycles. The molecule has 1 atom stereocenters. The maximum Gasteiger partial charge on any atom is 0.230 e. The van der Waals surface area contributed by atoms with E-state index in [0.29, 0.717) is 18.9 Å². The van der Waals surface area contributed by atoms with Crippen molar-refractivity contribution in [3.63, 3.8) is 0 Å². The Morgan fingerprint density at radius 1 is 1.33 bits per heavy atom. The Labute approximate surface area is 181 Å². The molecule has 6 nitrogen and oxygen atoms in total. The maximum absolute atomic E-state index is 14.0. The number of benzene rings is 1. The smallest absolute Gasteiger partial charge is 0.230 e. The number of carbonyl (C=O) groups excluding carboxylic acids is 2. The van der Waals surface area contributed by atoms with Gasteiger partial charge in [-0.3, -0.25) is 19.3 Å². The second-order valence-corrected chi connectivity index (χ2v) is 9.00. The van der Waals surface area contributed by atoms with Crippen LogP contribution < -0.4 is 19.9 Å². The van der Waals surface area contributed by atoms with Crippen molar-refractivity contribution in [1.29, 1.82) is 0 Å². The highest BCUT2D eigenvalue weighted by atomic mass is 32.1. The highest BCUT2D eigenvalue weighted by molar-refractivity contribution is 7.81. The van der Waals surface area contributed by atoms with Crippen molar-refractivity contribution >= 4 is 30.3 Å². The lowest BCUT2D eigenvalue weighted by molar-refractivity contribution is -0.125. The molecule has 162 valence electrons. The monoisotopic (exact) mass is 433 g/mol. The van der Waals surface area contributed by atoms with E-state index in [9.17, 15) is 14.0 Å². The zero-order valence-corrected chi connectivity index (χ0v) is 17.8. The summed E-state index contributed by atoms with van der Waals surface area (Å²) in [6.07, 6.45) is 11.3. The molecule has 1 aromatic carbocycles. The number of hydrogen-bond acceptors (Lipinski definition) is 6. The highest BCUT2D eigenvalue weighted by Gasteiger charge is 2.41. The molecule has 2 aliphatic carbocycles. The number of unbranched alkanes of at least 4 members (excludes halogenated alkanes) is 1. The van der Waals surface area contributed by atoms with E-state index in [4.69, 9.17) is 4.74 Å². The molecule has 1 heterocycles. The predicted molar refractivity (Wildman–Crippen MR) is 115 cm³/mol. The fourth-order valence-electron chi connectivity index (χ4n) is 3.58. The molecule has 3 fully saturated rings. The van der Waals surface area contributed by atoms with E-state index >= 15 is 0 Å². The number of anilines is 1. The molecule has 1 saturated heterocycles. The van der Waals surface area contributed by atoms with Gasteiger partial charge in [-0.05, 0) is 75.8 Å². The summed E-state index contributed by atoms with van der Waals surface area (Å²) in [6, 6.07) is 4.75. The Hall–Kier alpha value is -2.06. The van der Waals surface area contributed by atoms with Crippen molar-refractivity contribution in [3.05, 3.63) is 36.2 Å². The molecule has 4 rings (SSSR count). The van der Waals surface area contributed by atoms with Crippen LogP contribution in [0.2, 0.25) is 0 Å². The quantitative estimate of drug-likeness (QED) is 0.163. The normalized spacial score (nSPS) is 22.4. The Balaban J connectivity index is 1.25. The van der Waals surface area contributed by atoms with E-state index in [1.807, 2.05) is 0 Å². The Morgan fingerprint density at radius 2 is 2.13 bits per heavy atom. The lowest BCUT2D eigenvalue weighted by atomic mass is 10.0. The average Bonchev–Trinajstić information content (AvgIpc) is 3.63. The van der Waals surface area contributed by atoms with Crippen molar-refractivity contribution in [2.75, 3.05) is 11.0 Å². The molecule has 1 aromatic rings. The molecule has 1 unspecified atom stereocenters. The van der Waals surface area contributed by atoms with Crippen molar-refractivity contribution in [1.82, 2.24) is 10.7 Å². The molecule has 8 heteroatoms. The van der Waals surface area contributed by atoms with Gasteiger partial charge in [0.25, 0.3) is 0 Å². The fourth-order valence-corrected chi connectivity index (χ4v) is 3.91. The number of rotatable bonds is 11.